The Hall–Kier alpha value is -2.81. The van der Waals surface area contributed by atoms with E-state index in [1.165, 1.54) is 44.2 Å². The smallest absolute Gasteiger partial charge is 0.246 e. The van der Waals surface area contributed by atoms with E-state index in [9.17, 15) is 24.6 Å². The van der Waals surface area contributed by atoms with Crippen LogP contribution in [0, 0.1) is 0 Å². The maximum atomic E-state index is 13.5. The van der Waals surface area contributed by atoms with Crippen LogP contribution < -0.4 is 11.1 Å². The number of hydrogen-bond donors (Lipinski definition) is 4. The topological polar surface area (TPSA) is 136 Å². The van der Waals surface area contributed by atoms with E-state index < -0.39 is 29.7 Å². The molecule has 3 rings (SSSR count). The Morgan fingerprint density at radius 3 is 2.31 bits per heavy atom. The number of primary amides is 1. The largest absolute Gasteiger partial charge is 0.508 e. The van der Waals surface area contributed by atoms with E-state index in [4.69, 9.17) is 5.73 Å². The van der Waals surface area contributed by atoms with E-state index in [1.807, 2.05) is 0 Å². The summed E-state index contributed by atoms with van der Waals surface area (Å²) < 4.78 is 0. The summed E-state index contributed by atoms with van der Waals surface area (Å²) in [5, 5.41) is 22.6. The lowest BCUT2D eigenvalue weighted by Gasteiger charge is -2.42. The standard InChI is InChI=1S/C23H34N4O5/c1-2-19(30)25-21(20(22(24)31)17-9-8-16(28)14-18(17)29)23(32)27-12-10-26(11-13-27)15-6-4-3-5-7-15/h8-9,14-15,20-21,28-29H,2-7,10-13H2,1H3,(H2,24,31)(H,25,30)/t20?,21-/m0/s1. The van der Waals surface area contributed by atoms with Crippen LogP contribution in [0.1, 0.15) is 56.9 Å². The van der Waals surface area contributed by atoms with Crippen LogP contribution >= 0.6 is 0 Å². The number of piperazine rings is 1. The zero-order valence-electron chi connectivity index (χ0n) is 18.6. The lowest BCUT2D eigenvalue weighted by molar-refractivity contribution is -0.140. The molecule has 1 aliphatic heterocycles. The number of phenolic OH excluding ortho intramolecular Hbond substituents is 2. The molecule has 1 saturated carbocycles. The van der Waals surface area contributed by atoms with Crippen LogP contribution in [0.4, 0.5) is 0 Å². The fourth-order valence-electron chi connectivity index (χ4n) is 4.81. The van der Waals surface area contributed by atoms with Crippen LogP contribution in [0.3, 0.4) is 0 Å². The third kappa shape index (κ3) is 5.51. The Morgan fingerprint density at radius 2 is 1.75 bits per heavy atom. The molecule has 1 aromatic carbocycles. The molecule has 0 spiro atoms. The van der Waals surface area contributed by atoms with Gasteiger partial charge in [0.05, 0.1) is 5.92 Å². The minimum Gasteiger partial charge on any atom is -0.508 e. The molecule has 2 atom stereocenters. The molecule has 2 aliphatic rings. The van der Waals surface area contributed by atoms with E-state index in [0.717, 1.165) is 19.2 Å². The van der Waals surface area contributed by atoms with E-state index in [0.29, 0.717) is 19.1 Å². The van der Waals surface area contributed by atoms with Gasteiger partial charge in [-0.25, -0.2) is 0 Å². The van der Waals surface area contributed by atoms with Gasteiger partial charge >= 0.3 is 0 Å². The third-order valence-corrected chi connectivity index (χ3v) is 6.61. The molecule has 32 heavy (non-hydrogen) atoms. The molecule has 1 unspecified atom stereocenters. The van der Waals surface area contributed by atoms with E-state index >= 15 is 0 Å². The quantitative estimate of drug-likeness (QED) is 0.494. The molecule has 0 bridgehead atoms. The Labute approximate surface area is 188 Å². The highest BCUT2D eigenvalue weighted by atomic mass is 16.3. The minimum absolute atomic E-state index is 0.0888. The summed E-state index contributed by atoms with van der Waals surface area (Å²) in [6, 6.07) is 3.05. The number of amides is 3. The number of carbonyl (C=O) groups excluding carboxylic acids is 3. The van der Waals surface area contributed by atoms with Gasteiger partial charge in [-0.3, -0.25) is 19.3 Å². The first-order valence-corrected chi connectivity index (χ1v) is 11.4. The fraction of sp³-hybridized carbons (Fsp3) is 0.609. The monoisotopic (exact) mass is 446 g/mol. The normalized spacial score (nSPS) is 19.8. The number of nitrogens with two attached hydrogens (primary N) is 1. The van der Waals surface area contributed by atoms with E-state index in [2.05, 4.69) is 10.2 Å². The molecular weight excluding hydrogens is 412 g/mol. The van der Waals surface area contributed by atoms with Gasteiger partial charge in [0.2, 0.25) is 17.7 Å². The molecule has 1 heterocycles. The number of nitrogens with zero attached hydrogens (tertiary/aromatic N) is 2. The van der Waals surface area contributed by atoms with Gasteiger partial charge in [-0.1, -0.05) is 32.3 Å². The molecule has 2 fully saturated rings. The number of aromatic hydroxyl groups is 2. The van der Waals surface area contributed by atoms with Crippen molar-refractivity contribution in [2.45, 2.75) is 63.5 Å². The Kier molecular flexibility index (Phi) is 7.95. The first kappa shape index (κ1) is 23.8. The number of nitrogens with one attached hydrogen (secondary N) is 1. The Balaban J connectivity index is 1.80. The number of hydrogen-bond acceptors (Lipinski definition) is 6. The van der Waals surface area contributed by atoms with Gasteiger partial charge in [-0.2, -0.15) is 0 Å². The van der Waals surface area contributed by atoms with E-state index in [-0.39, 0.29) is 23.5 Å². The molecule has 1 aromatic rings. The molecular formula is C23H34N4O5. The van der Waals surface area contributed by atoms with Crippen LogP contribution in [0.2, 0.25) is 0 Å². The SMILES string of the molecule is CCC(=O)N[C@H](C(=O)N1CCN(C2CCCCC2)CC1)C(C(N)=O)c1ccc(O)cc1O. The van der Waals surface area contributed by atoms with Gasteiger partial charge in [0.1, 0.15) is 17.5 Å². The van der Waals surface area contributed by atoms with Gasteiger partial charge in [0, 0.05) is 50.3 Å². The van der Waals surface area contributed by atoms with Crippen molar-refractivity contribution in [1.82, 2.24) is 15.1 Å². The predicted octanol–water partition coefficient (Wildman–Crippen LogP) is 1.04. The van der Waals surface area contributed by atoms with Gasteiger partial charge in [-0.15, -0.1) is 0 Å². The maximum absolute atomic E-state index is 13.5. The molecule has 9 heteroatoms. The molecule has 3 amide bonds. The Bertz CT molecular complexity index is 832. The van der Waals surface area contributed by atoms with Crippen LogP contribution in [-0.2, 0) is 14.4 Å². The summed E-state index contributed by atoms with van der Waals surface area (Å²) in [5.41, 5.74) is 5.73. The molecule has 176 valence electrons. The number of phenols is 2. The van der Waals surface area contributed by atoms with Crippen LogP contribution in [-0.4, -0.2) is 76.0 Å². The van der Waals surface area contributed by atoms with Crippen molar-refractivity contribution in [2.24, 2.45) is 5.73 Å². The zero-order chi connectivity index (χ0) is 23.3. The summed E-state index contributed by atoms with van der Waals surface area (Å²) in [6.07, 6.45) is 6.27. The highest BCUT2D eigenvalue weighted by Crippen LogP contribution is 2.32. The summed E-state index contributed by atoms with van der Waals surface area (Å²) in [5.74, 6) is -3.45. The number of benzene rings is 1. The van der Waals surface area contributed by atoms with E-state index in [1.54, 1.807) is 11.8 Å². The number of carbonyl (C=O) groups is 3. The van der Waals surface area contributed by atoms with Gasteiger partial charge in [0.25, 0.3) is 0 Å². The fourth-order valence-corrected chi connectivity index (χ4v) is 4.81. The molecule has 5 N–H and O–H groups in total. The van der Waals surface area contributed by atoms with Crippen molar-refractivity contribution in [3.8, 4) is 11.5 Å². The molecule has 1 aliphatic carbocycles. The molecule has 9 nitrogen and oxygen atoms in total. The highest BCUT2D eigenvalue weighted by molar-refractivity contribution is 5.96. The Morgan fingerprint density at radius 1 is 1.09 bits per heavy atom. The second-order valence-electron chi connectivity index (χ2n) is 8.67. The molecule has 1 saturated heterocycles. The minimum atomic E-state index is -1.27. The first-order chi connectivity index (χ1) is 15.3. The summed E-state index contributed by atoms with van der Waals surface area (Å²) >= 11 is 0. The van der Waals surface area contributed by atoms with Crippen molar-refractivity contribution in [3.05, 3.63) is 23.8 Å². The average Bonchev–Trinajstić information content (AvgIpc) is 2.79. The molecule has 0 radical (unpaired) electrons. The zero-order valence-corrected chi connectivity index (χ0v) is 18.6. The summed E-state index contributed by atoms with van der Waals surface area (Å²) in [4.78, 5) is 42.2. The lowest BCUT2D eigenvalue weighted by Crippen LogP contribution is -2.59. The van der Waals surface area contributed by atoms with Gasteiger partial charge < -0.3 is 26.2 Å². The predicted molar refractivity (Wildman–Crippen MR) is 119 cm³/mol. The van der Waals surface area contributed by atoms with Gasteiger partial charge in [0.15, 0.2) is 0 Å². The number of rotatable bonds is 7. The average molecular weight is 447 g/mol. The lowest BCUT2D eigenvalue weighted by atomic mass is 9.88. The summed E-state index contributed by atoms with van der Waals surface area (Å²) in [7, 11) is 0. The van der Waals surface area contributed by atoms with Gasteiger partial charge in [-0.05, 0) is 18.9 Å². The van der Waals surface area contributed by atoms with Crippen LogP contribution in [0.5, 0.6) is 11.5 Å². The van der Waals surface area contributed by atoms with Crippen molar-refractivity contribution in [2.75, 3.05) is 26.2 Å². The second-order valence-corrected chi connectivity index (χ2v) is 8.67. The third-order valence-electron chi connectivity index (χ3n) is 6.61. The van der Waals surface area contributed by atoms with Crippen molar-refractivity contribution in [1.29, 1.82) is 0 Å². The van der Waals surface area contributed by atoms with Crippen molar-refractivity contribution < 1.29 is 24.6 Å². The summed E-state index contributed by atoms with van der Waals surface area (Å²) in [6.45, 7) is 4.14. The second kappa shape index (κ2) is 10.7. The highest BCUT2D eigenvalue weighted by Gasteiger charge is 2.40. The van der Waals surface area contributed by atoms with Crippen LogP contribution in [0.15, 0.2) is 18.2 Å². The maximum Gasteiger partial charge on any atom is 0.246 e. The van der Waals surface area contributed by atoms with Crippen molar-refractivity contribution >= 4 is 17.7 Å². The first-order valence-electron chi connectivity index (χ1n) is 11.4. The van der Waals surface area contributed by atoms with Crippen molar-refractivity contribution in [3.63, 3.8) is 0 Å². The van der Waals surface area contributed by atoms with Crippen LogP contribution in [0.25, 0.3) is 0 Å². The molecule has 0 aromatic heterocycles.